The summed E-state index contributed by atoms with van der Waals surface area (Å²) >= 11 is 0. The minimum absolute atomic E-state index is 0.168. The molecule has 0 bridgehead atoms. The van der Waals surface area contributed by atoms with Gasteiger partial charge < -0.3 is 10.6 Å². The Morgan fingerprint density at radius 1 is 1.33 bits per heavy atom. The number of rotatable bonds is 2. The maximum absolute atomic E-state index is 6.19. The minimum Gasteiger partial charge on any atom is -0.394 e. The van der Waals surface area contributed by atoms with Gasteiger partial charge in [0, 0.05) is 31.7 Å². The summed E-state index contributed by atoms with van der Waals surface area (Å²) in [6.45, 7) is 12.5. The number of nitrogens with two attached hydrogens (primary N) is 1. The number of hydrogen-bond acceptors (Lipinski definition) is 4. The molecule has 1 aromatic rings. The zero-order chi connectivity index (χ0) is 13.5. The predicted octanol–water partition coefficient (Wildman–Crippen LogP) is 1.32. The Kier molecular flexibility index (Phi) is 3.27. The van der Waals surface area contributed by atoms with E-state index < -0.39 is 0 Å². The van der Waals surface area contributed by atoms with Gasteiger partial charge in [-0.25, -0.2) is 4.68 Å². The first-order chi connectivity index (χ1) is 8.36. The first-order valence-electron chi connectivity index (χ1n) is 6.66. The fraction of sp³-hybridized carbons (Fsp3) is 0.769. The molecule has 0 aliphatic carbocycles. The number of hydrogen-bond donors (Lipinski definition) is 1. The van der Waals surface area contributed by atoms with Gasteiger partial charge in [0.15, 0.2) is 5.82 Å². The highest BCUT2D eigenvalue weighted by atomic mass is 15.4. The molecule has 5 nitrogen and oxygen atoms in total. The summed E-state index contributed by atoms with van der Waals surface area (Å²) in [4.78, 5) is 4.78. The SMILES string of the molecule is CCn1nc(C)c(N)c1N1CCN(C)C(C)(C)C1. The van der Waals surface area contributed by atoms with Crippen molar-refractivity contribution in [2.24, 2.45) is 0 Å². The smallest absolute Gasteiger partial charge is 0.150 e. The Hall–Kier alpha value is -1.23. The zero-order valence-electron chi connectivity index (χ0n) is 12.2. The molecule has 0 spiro atoms. The molecule has 2 N–H and O–H groups in total. The van der Waals surface area contributed by atoms with Crippen molar-refractivity contribution in [1.29, 1.82) is 0 Å². The lowest BCUT2D eigenvalue weighted by Crippen LogP contribution is -2.58. The summed E-state index contributed by atoms with van der Waals surface area (Å²) in [5, 5.41) is 4.51. The lowest BCUT2D eigenvalue weighted by Gasteiger charge is -2.46. The standard InChI is InChI=1S/C13H25N5/c1-6-18-12(11(14)10(2)15-18)17-8-7-16(5)13(3,4)9-17/h6-9,14H2,1-5H3. The van der Waals surface area contributed by atoms with Gasteiger partial charge in [-0.2, -0.15) is 5.10 Å². The van der Waals surface area contributed by atoms with Crippen LogP contribution in [0.2, 0.25) is 0 Å². The topological polar surface area (TPSA) is 50.3 Å². The molecule has 2 rings (SSSR count). The van der Waals surface area contributed by atoms with Gasteiger partial charge in [0.1, 0.15) is 0 Å². The van der Waals surface area contributed by atoms with Gasteiger partial charge in [0.2, 0.25) is 0 Å². The minimum atomic E-state index is 0.168. The summed E-state index contributed by atoms with van der Waals surface area (Å²) in [7, 11) is 2.18. The molecule has 0 radical (unpaired) electrons. The van der Waals surface area contributed by atoms with Crippen LogP contribution in [0.25, 0.3) is 0 Å². The third-order valence-corrected chi connectivity index (χ3v) is 4.06. The summed E-state index contributed by atoms with van der Waals surface area (Å²) in [5.41, 5.74) is 8.13. The normalized spacial score (nSPS) is 20.4. The van der Waals surface area contributed by atoms with Crippen LogP contribution >= 0.6 is 0 Å². The van der Waals surface area contributed by atoms with Gasteiger partial charge in [-0.15, -0.1) is 0 Å². The Morgan fingerprint density at radius 2 is 2.00 bits per heavy atom. The van der Waals surface area contributed by atoms with Crippen molar-refractivity contribution < 1.29 is 0 Å². The molecule has 5 heteroatoms. The van der Waals surface area contributed by atoms with E-state index >= 15 is 0 Å². The lowest BCUT2D eigenvalue weighted by molar-refractivity contribution is 0.138. The van der Waals surface area contributed by atoms with Crippen LogP contribution in [0.3, 0.4) is 0 Å². The third kappa shape index (κ3) is 2.07. The highest BCUT2D eigenvalue weighted by Crippen LogP contribution is 2.30. The molecule has 1 saturated heterocycles. The van der Waals surface area contributed by atoms with E-state index in [0.29, 0.717) is 0 Å². The molecule has 18 heavy (non-hydrogen) atoms. The second kappa shape index (κ2) is 4.46. The molecule has 1 aliphatic rings. The van der Waals surface area contributed by atoms with E-state index in [1.54, 1.807) is 0 Å². The van der Waals surface area contributed by atoms with Gasteiger partial charge in [-0.1, -0.05) is 0 Å². The van der Waals surface area contributed by atoms with Gasteiger partial charge in [-0.05, 0) is 34.7 Å². The first-order valence-corrected chi connectivity index (χ1v) is 6.66. The number of piperazine rings is 1. The van der Waals surface area contributed by atoms with Crippen molar-refractivity contribution in [1.82, 2.24) is 14.7 Å². The molecule has 0 unspecified atom stereocenters. The maximum Gasteiger partial charge on any atom is 0.150 e. The van der Waals surface area contributed by atoms with Crippen LogP contribution in [0.1, 0.15) is 26.5 Å². The summed E-state index contributed by atoms with van der Waals surface area (Å²) in [6, 6.07) is 0. The second-order valence-electron chi connectivity index (χ2n) is 5.79. The van der Waals surface area contributed by atoms with Crippen LogP contribution in [0.4, 0.5) is 11.5 Å². The van der Waals surface area contributed by atoms with Crippen molar-refractivity contribution in [3.05, 3.63) is 5.69 Å². The third-order valence-electron chi connectivity index (χ3n) is 4.06. The van der Waals surface area contributed by atoms with Crippen molar-refractivity contribution in [3.8, 4) is 0 Å². The van der Waals surface area contributed by atoms with Gasteiger partial charge in [-0.3, -0.25) is 4.90 Å². The average Bonchev–Trinajstić information content (AvgIpc) is 2.59. The Bertz CT molecular complexity index is 435. The highest BCUT2D eigenvalue weighted by molar-refractivity contribution is 5.66. The molecule has 0 atom stereocenters. The highest BCUT2D eigenvalue weighted by Gasteiger charge is 2.33. The van der Waals surface area contributed by atoms with E-state index in [1.165, 1.54) is 0 Å². The van der Waals surface area contributed by atoms with Gasteiger partial charge in [0.25, 0.3) is 0 Å². The molecule has 102 valence electrons. The second-order valence-corrected chi connectivity index (χ2v) is 5.79. The van der Waals surface area contributed by atoms with Gasteiger partial charge >= 0.3 is 0 Å². The molecular formula is C13H25N5. The number of aromatic nitrogens is 2. The van der Waals surface area contributed by atoms with E-state index in [1.807, 2.05) is 11.6 Å². The average molecular weight is 251 g/mol. The zero-order valence-corrected chi connectivity index (χ0v) is 12.2. The molecule has 0 saturated carbocycles. The van der Waals surface area contributed by atoms with Crippen LogP contribution in [0, 0.1) is 6.92 Å². The van der Waals surface area contributed by atoms with Crippen LogP contribution in [0.5, 0.6) is 0 Å². The quantitative estimate of drug-likeness (QED) is 0.861. The molecule has 1 aliphatic heterocycles. The van der Waals surface area contributed by atoms with Crippen molar-refractivity contribution >= 4 is 11.5 Å². The van der Waals surface area contributed by atoms with Crippen molar-refractivity contribution in [2.75, 3.05) is 37.3 Å². The number of likely N-dealkylation sites (N-methyl/N-ethyl adjacent to an activating group) is 1. The van der Waals surface area contributed by atoms with E-state index in [9.17, 15) is 0 Å². The Balaban J connectivity index is 2.32. The van der Waals surface area contributed by atoms with E-state index in [0.717, 1.165) is 43.4 Å². The molecule has 0 aromatic carbocycles. The summed E-state index contributed by atoms with van der Waals surface area (Å²) < 4.78 is 2.02. The molecule has 1 fully saturated rings. The molecule has 1 aromatic heterocycles. The van der Waals surface area contributed by atoms with Crippen LogP contribution in [-0.2, 0) is 6.54 Å². The lowest BCUT2D eigenvalue weighted by atomic mass is 10.00. The Morgan fingerprint density at radius 3 is 2.56 bits per heavy atom. The van der Waals surface area contributed by atoms with Crippen molar-refractivity contribution in [2.45, 2.75) is 39.8 Å². The molecular weight excluding hydrogens is 226 g/mol. The maximum atomic E-state index is 6.19. The fourth-order valence-electron chi connectivity index (χ4n) is 2.56. The summed E-state index contributed by atoms with van der Waals surface area (Å²) in [6.07, 6.45) is 0. The monoisotopic (exact) mass is 251 g/mol. The van der Waals surface area contributed by atoms with Crippen LogP contribution < -0.4 is 10.6 Å². The number of nitrogen functional groups attached to an aromatic ring is 1. The van der Waals surface area contributed by atoms with E-state index in [4.69, 9.17) is 5.73 Å². The van der Waals surface area contributed by atoms with Crippen molar-refractivity contribution in [3.63, 3.8) is 0 Å². The Labute approximate surface area is 110 Å². The van der Waals surface area contributed by atoms with Gasteiger partial charge in [0.05, 0.1) is 11.4 Å². The summed E-state index contributed by atoms with van der Waals surface area (Å²) in [5.74, 6) is 1.09. The molecule has 0 amide bonds. The van der Waals surface area contributed by atoms with Crippen LogP contribution in [0.15, 0.2) is 0 Å². The van der Waals surface area contributed by atoms with E-state index in [2.05, 4.69) is 42.7 Å². The molecule has 2 heterocycles. The number of anilines is 2. The predicted molar refractivity (Wildman–Crippen MR) is 76.0 cm³/mol. The first kappa shape index (κ1) is 13.2. The van der Waals surface area contributed by atoms with Crippen LogP contribution in [-0.4, -0.2) is 46.9 Å². The number of nitrogens with zero attached hydrogens (tertiary/aromatic N) is 4. The van der Waals surface area contributed by atoms with E-state index in [-0.39, 0.29) is 5.54 Å². The number of aryl methyl sites for hydroxylation is 2. The largest absolute Gasteiger partial charge is 0.394 e. The fourth-order valence-corrected chi connectivity index (χ4v) is 2.56.